The SMILES string of the molecule is Nc1nc(N)c([N+](=O)[O-])c(CCc2ccc(F)cc2)n1. The van der Waals surface area contributed by atoms with Crippen LogP contribution < -0.4 is 11.5 Å². The highest BCUT2D eigenvalue weighted by Crippen LogP contribution is 2.25. The van der Waals surface area contributed by atoms with Crippen LogP contribution in [0.5, 0.6) is 0 Å². The van der Waals surface area contributed by atoms with Crippen molar-refractivity contribution in [1.29, 1.82) is 0 Å². The van der Waals surface area contributed by atoms with Crippen LogP contribution in [0.15, 0.2) is 24.3 Å². The van der Waals surface area contributed by atoms with Gasteiger partial charge in [-0.15, -0.1) is 0 Å². The average Bonchev–Trinajstić information content (AvgIpc) is 2.36. The van der Waals surface area contributed by atoms with Crippen molar-refractivity contribution in [2.24, 2.45) is 0 Å². The van der Waals surface area contributed by atoms with E-state index in [-0.39, 0.29) is 35.4 Å². The molecule has 7 nitrogen and oxygen atoms in total. The van der Waals surface area contributed by atoms with Crippen LogP contribution in [0.2, 0.25) is 0 Å². The van der Waals surface area contributed by atoms with E-state index < -0.39 is 4.92 Å². The first-order valence-electron chi connectivity index (χ1n) is 5.78. The average molecular weight is 277 g/mol. The number of hydrogen-bond acceptors (Lipinski definition) is 6. The molecule has 0 aliphatic rings. The third-order valence-electron chi connectivity index (χ3n) is 2.75. The molecule has 1 aromatic carbocycles. The Morgan fingerprint density at radius 2 is 1.80 bits per heavy atom. The lowest BCUT2D eigenvalue weighted by Gasteiger charge is -2.05. The molecular formula is C12H12FN5O2. The Bertz CT molecular complexity index is 645. The molecule has 1 aromatic heterocycles. The number of benzene rings is 1. The Labute approximate surface area is 113 Å². The molecule has 0 bridgehead atoms. The summed E-state index contributed by atoms with van der Waals surface area (Å²) in [6.45, 7) is 0. The van der Waals surface area contributed by atoms with E-state index in [9.17, 15) is 14.5 Å². The molecule has 0 saturated carbocycles. The van der Waals surface area contributed by atoms with Gasteiger partial charge >= 0.3 is 5.69 Å². The number of aromatic nitrogens is 2. The molecule has 0 unspecified atom stereocenters. The van der Waals surface area contributed by atoms with E-state index in [1.807, 2.05) is 0 Å². The van der Waals surface area contributed by atoms with E-state index in [0.717, 1.165) is 5.56 Å². The molecule has 0 radical (unpaired) electrons. The van der Waals surface area contributed by atoms with Crippen molar-refractivity contribution < 1.29 is 9.31 Å². The predicted octanol–water partition coefficient (Wildman–Crippen LogP) is 1.47. The second-order valence-electron chi connectivity index (χ2n) is 4.15. The second kappa shape index (κ2) is 5.47. The summed E-state index contributed by atoms with van der Waals surface area (Å²) >= 11 is 0. The summed E-state index contributed by atoms with van der Waals surface area (Å²) in [5.74, 6) is -0.700. The first-order chi connectivity index (χ1) is 9.47. The molecule has 0 saturated heterocycles. The third kappa shape index (κ3) is 2.97. The van der Waals surface area contributed by atoms with Crippen molar-refractivity contribution in [3.05, 3.63) is 51.5 Å². The molecule has 0 aliphatic carbocycles. The van der Waals surface area contributed by atoms with Crippen molar-refractivity contribution in [2.75, 3.05) is 11.5 Å². The minimum absolute atomic E-state index is 0.109. The van der Waals surface area contributed by atoms with Gasteiger partial charge in [0, 0.05) is 6.42 Å². The Hall–Kier alpha value is -2.77. The lowest BCUT2D eigenvalue weighted by Crippen LogP contribution is -2.09. The Kier molecular flexibility index (Phi) is 3.74. The maximum absolute atomic E-state index is 12.8. The highest BCUT2D eigenvalue weighted by atomic mass is 19.1. The molecule has 0 fully saturated rings. The van der Waals surface area contributed by atoms with E-state index in [1.54, 1.807) is 12.1 Å². The summed E-state index contributed by atoms with van der Waals surface area (Å²) in [7, 11) is 0. The molecule has 20 heavy (non-hydrogen) atoms. The lowest BCUT2D eigenvalue weighted by molar-refractivity contribution is -0.385. The summed E-state index contributed by atoms with van der Waals surface area (Å²) < 4.78 is 12.8. The molecule has 0 aliphatic heterocycles. The fourth-order valence-electron chi connectivity index (χ4n) is 1.83. The standard InChI is InChI=1S/C12H12FN5O2/c13-8-4-1-7(2-5-8)3-6-9-10(18(19)20)11(14)17-12(15)16-9/h1-2,4-5H,3,6H2,(H4,14,15,16,17). The summed E-state index contributed by atoms with van der Waals surface area (Å²) in [5, 5.41) is 11.0. The van der Waals surface area contributed by atoms with Crippen molar-refractivity contribution in [1.82, 2.24) is 9.97 Å². The van der Waals surface area contributed by atoms with Crippen LogP contribution >= 0.6 is 0 Å². The van der Waals surface area contributed by atoms with E-state index >= 15 is 0 Å². The Morgan fingerprint density at radius 1 is 1.15 bits per heavy atom. The fourth-order valence-corrected chi connectivity index (χ4v) is 1.83. The fraction of sp³-hybridized carbons (Fsp3) is 0.167. The number of anilines is 2. The van der Waals surface area contributed by atoms with Gasteiger partial charge in [0.15, 0.2) is 0 Å². The molecule has 104 valence electrons. The number of hydrogen-bond donors (Lipinski definition) is 2. The number of nitrogens with two attached hydrogens (primary N) is 2. The number of rotatable bonds is 4. The third-order valence-corrected chi connectivity index (χ3v) is 2.75. The van der Waals surface area contributed by atoms with Gasteiger partial charge in [-0.2, -0.15) is 4.98 Å². The van der Waals surface area contributed by atoms with Gasteiger partial charge in [-0.3, -0.25) is 10.1 Å². The monoisotopic (exact) mass is 277 g/mol. The first-order valence-corrected chi connectivity index (χ1v) is 5.78. The van der Waals surface area contributed by atoms with Gasteiger partial charge in [0.05, 0.1) is 4.92 Å². The summed E-state index contributed by atoms with van der Waals surface area (Å²) in [6.07, 6.45) is 0.718. The zero-order valence-corrected chi connectivity index (χ0v) is 10.4. The normalized spacial score (nSPS) is 10.4. The largest absolute Gasteiger partial charge is 0.378 e. The Balaban J connectivity index is 2.24. The van der Waals surface area contributed by atoms with Gasteiger partial charge in [-0.05, 0) is 24.1 Å². The van der Waals surface area contributed by atoms with Crippen molar-refractivity contribution in [3.8, 4) is 0 Å². The highest BCUT2D eigenvalue weighted by molar-refractivity contribution is 5.57. The molecule has 2 rings (SSSR count). The smallest absolute Gasteiger partial charge is 0.332 e. The minimum Gasteiger partial charge on any atom is -0.378 e. The zero-order chi connectivity index (χ0) is 14.7. The van der Waals surface area contributed by atoms with E-state index in [4.69, 9.17) is 11.5 Å². The molecule has 0 spiro atoms. The lowest BCUT2D eigenvalue weighted by atomic mass is 10.1. The maximum Gasteiger partial charge on any atom is 0.332 e. The van der Waals surface area contributed by atoms with Crippen LogP contribution in [0.4, 0.5) is 21.8 Å². The van der Waals surface area contributed by atoms with Gasteiger partial charge in [0.25, 0.3) is 0 Å². The van der Waals surface area contributed by atoms with Crippen LogP contribution in [0.25, 0.3) is 0 Å². The van der Waals surface area contributed by atoms with Crippen LogP contribution in [-0.4, -0.2) is 14.9 Å². The maximum atomic E-state index is 12.8. The van der Waals surface area contributed by atoms with E-state index in [0.29, 0.717) is 6.42 Å². The van der Waals surface area contributed by atoms with Crippen LogP contribution in [0, 0.1) is 15.9 Å². The molecule has 2 aromatic rings. The minimum atomic E-state index is -0.630. The van der Waals surface area contributed by atoms with Crippen molar-refractivity contribution in [2.45, 2.75) is 12.8 Å². The van der Waals surface area contributed by atoms with Crippen LogP contribution in [-0.2, 0) is 12.8 Å². The number of nitrogen functional groups attached to an aromatic ring is 2. The molecule has 0 amide bonds. The first kappa shape index (κ1) is 13.7. The van der Waals surface area contributed by atoms with Gasteiger partial charge in [0.1, 0.15) is 11.5 Å². The van der Waals surface area contributed by atoms with Crippen molar-refractivity contribution >= 4 is 17.5 Å². The molecule has 8 heteroatoms. The summed E-state index contributed by atoms with van der Waals surface area (Å²) in [6, 6.07) is 5.86. The van der Waals surface area contributed by atoms with Gasteiger partial charge < -0.3 is 11.5 Å². The predicted molar refractivity (Wildman–Crippen MR) is 71.3 cm³/mol. The molecule has 0 atom stereocenters. The van der Waals surface area contributed by atoms with E-state index in [1.165, 1.54) is 12.1 Å². The van der Waals surface area contributed by atoms with Gasteiger partial charge in [-0.25, -0.2) is 9.37 Å². The molecule has 4 N–H and O–H groups in total. The van der Waals surface area contributed by atoms with Crippen molar-refractivity contribution in [3.63, 3.8) is 0 Å². The summed E-state index contributed by atoms with van der Waals surface area (Å²) in [4.78, 5) is 17.8. The number of aryl methyl sites for hydroxylation is 2. The van der Waals surface area contributed by atoms with Gasteiger partial charge in [-0.1, -0.05) is 12.1 Å². The highest BCUT2D eigenvalue weighted by Gasteiger charge is 2.21. The molecular weight excluding hydrogens is 265 g/mol. The second-order valence-corrected chi connectivity index (χ2v) is 4.15. The molecule has 1 heterocycles. The number of nitrogens with zero attached hydrogens (tertiary/aromatic N) is 3. The van der Waals surface area contributed by atoms with Crippen LogP contribution in [0.1, 0.15) is 11.3 Å². The zero-order valence-electron chi connectivity index (χ0n) is 10.4. The van der Waals surface area contributed by atoms with E-state index in [2.05, 4.69) is 9.97 Å². The quantitative estimate of drug-likeness (QED) is 0.644. The van der Waals surface area contributed by atoms with Crippen LogP contribution in [0.3, 0.4) is 0 Å². The summed E-state index contributed by atoms with van der Waals surface area (Å²) in [5.41, 5.74) is 11.6. The number of nitro groups is 1. The number of halogens is 1. The Morgan fingerprint density at radius 3 is 2.40 bits per heavy atom. The van der Waals surface area contributed by atoms with Gasteiger partial charge in [0.2, 0.25) is 11.8 Å². The topological polar surface area (TPSA) is 121 Å².